The van der Waals surface area contributed by atoms with Crippen LogP contribution in [0.3, 0.4) is 0 Å². The van der Waals surface area contributed by atoms with Crippen molar-refractivity contribution in [2.24, 2.45) is 0 Å². The zero-order chi connectivity index (χ0) is 9.71. The van der Waals surface area contributed by atoms with Crippen LogP contribution in [0.4, 0.5) is 0 Å². The van der Waals surface area contributed by atoms with Gasteiger partial charge < -0.3 is 9.52 Å². The van der Waals surface area contributed by atoms with Gasteiger partial charge in [0.15, 0.2) is 5.78 Å². The minimum Gasteiger partial charge on any atom is -0.465 e. The second kappa shape index (κ2) is 2.70. The van der Waals surface area contributed by atoms with Crippen LogP contribution in [0.25, 0.3) is 0 Å². The van der Waals surface area contributed by atoms with Gasteiger partial charge in [0.2, 0.25) is 0 Å². The van der Waals surface area contributed by atoms with Gasteiger partial charge in [0.1, 0.15) is 11.5 Å². The lowest BCUT2D eigenvalue weighted by Crippen LogP contribution is -2.23. The third-order valence-electron chi connectivity index (χ3n) is 3.12. The molecule has 3 heteroatoms. The molecule has 0 aromatic carbocycles. The number of Topliss-reactive ketones (excluding diaryl/α,β-unsaturated/α-hetero) is 1. The Morgan fingerprint density at radius 2 is 2.07 bits per heavy atom. The number of ketones is 1. The molecule has 2 aliphatic carbocycles. The first-order chi connectivity index (χ1) is 6.75. The lowest BCUT2D eigenvalue weighted by molar-refractivity contribution is 0.0836. The second-order valence-electron chi connectivity index (χ2n) is 4.14. The Hall–Kier alpha value is -1.09. The zero-order valence-corrected chi connectivity index (χ0v) is 7.88. The molecule has 1 atom stereocenters. The molecule has 2 aliphatic rings. The summed E-state index contributed by atoms with van der Waals surface area (Å²) in [6, 6.07) is 0. The normalized spacial score (nSPS) is 24.9. The monoisotopic (exact) mass is 192 g/mol. The van der Waals surface area contributed by atoms with Crippen molar-refractivity contribution in [3.63, 3.8) is 0 Å². The van der Waals surface area contributed by atoms with Crippen LogP contribution in [0.1, 0.15) is 40.3 Å². The van der Waals surface area contributed by atoms with Gasteiger partial charge in [-0.1, -0.05) is 0 Å². The van der Waals surface area contributed by atoms with Gasteiger partial charge in [0.05, 0.1) is 11.7 Å². The highest BCUT2D eigenvalue weighted by molar-refractivity contribution is 6.00. The molecule has 0 saturated carbocycles. The fourth-order valence-corrected chi connectivity index (χ4v) is 2.53. The summed E-state index contributed by atoms with van der Waals surface area (Å²) in [5.41, 5.74) is 1.92. The molecule has 0 fully saturated rings. The number of rotatable bonds is 0. The van der Waals surface area contributed by atoms with Crippen molar-refractivity contribution >= 4 is 5.78 Å². The lowest BCUT2D eigenvalue weighted by Gasteiger charge is -2.15. The molecule has 0 aliphatic heterocycles. The van der Waals surface area contributed by atoms with E-state index < -0.39 is 6.10 Å². The molecule has 0 bridgehead atoms. The summed E-state index contributed by atoms with van der Waals surface area (Å²) in [6.07, 6.45) is 3.24. The van der Waals surface area contributed by atoms with Crippen LogP contribution >= 0.6 is 0 Å². The Labute approximate surface area is 81.7 Å². The number of fused-ring (bicyclic) bond motifs is 3. The fourth-order valence-electron chi connectivity index (χ4n) is 2.53. The van der Waals surface area contributed by atoms with E-state index in [1.807, 2.05) is 0 Å². The topological polar surface area (TPSA) is 50.4 Å². The molecule has 1 N–H and O–H groups in total. The number of aliphatic hydroxyl groups excluding tert-OH is 1. The maximum absolute atomic E-state index is 11.7. The summed E-state index contributed by atoms with van der Waals surface area (Å²) in [7, 11) is 0. The second-order valence-corrected chi connectivity index (χ2v) is 4.14. The van der Waals surface area contributed by atoms with Gasteiger partial charge in [0, 0.05) is 24.8 Å². The summed E-state index contributed by atoms with van der Waals surface area (Å²) in [5.74, 6) is 1.77. The molecule has 74 valence electrons. The maximum Gasteiger partial charge on any atom is 0.169 e. The number of furan rings is 1. The van der Waals surface area contributed by atoms with E-state index in [4.69, 9.17) is 4.42 Å². The van der Waals surface area contributed by atoms with Gasteiger partial charge in [-0.3, -0.25) is 4.79 Å². The number of carbonyl (C=O) groups is 1. The first kappa shape index (κ1) is 8.24. The van der Waals surface area contributed by atoms with E-state index in [1.165, 1.54) is 0 Å². The van der Waals surface area contributed by atoms with Crippen molar-refractivity contribution in [2.75, 3.05) is 0 Å². The van der Waals surface area contributed by atoms with Crippen molar-refractivity contribution in [1.82, 2.24) is 0 Å². The highest BCUT2D eigenvalue weighted by Crippen LogP contribution is 2.34. The average Bonchev–Trinajstić information content (AvgIpc) is 2.60. The lowest BCUT2D eigenvalue weighted by atomic mass is 9.91. The molecule has 0 saturated heterocycles. The van der Waals surface area contributed by atoms with Crippen LogP contribution < -0.4 is 0 Å². The predicted octanol–water partition coefficient (Wildman–Crippen LogP) is 1.26. The van der Waals surface area contributed by atoms with Gasteiger partial charge in [0.25, 0.3) is 0 Å². The molecule has 3 rings (SSSR count). The summed E-state index contributed by atoms with van der Waals surface area (Å²) in [5, 5.41) is 9.44. The molecule has 1 aromatic heterocycles. The highest BCUT2D eigenvalue weighted by atomic mass is 16.3. The quantitative estimate of drug-likeness (QED) is 0.673. The van der Waals surface area contributed by atoms with Crippen molar-refractivity contribution in [3.05, 3.63) is 22.6 Å². The Morgan fingerprint density at radius 3 is 2.93 bits per heavy atom. The Balaban J connectivity index is 2.15. The third-order valence-corrected chi connectivity index (χ3v) is 3.12. The molecule has 0 spiro atoms. The minimum absolute atomic E-state index is 0.0608. The van der Waals surface area contributed by atoms with Gasteiger partial charge in [-0.05, 0) is 12.8 Å². The third kappa shape index (κ3) is 0.989. The SMILES string of the molecule is O=C1CC(O)Cc2oc3c(c21)CCC3. The Kier molecular flexibility index (Phi) is 1.59. The van der Waals surface area contributed by atoms with E-state index in [0.29, 0.717) is 6.42 Å². The number of aryl methyl sites for hydroxylation is 1. The fraction of sp³-hybridized carbons (Fsp3) is 0.545. The first-order valence-corrected chi connectivity index (χ1v) is 5.10. The summed E-state index contributed by atoms with van der Waals surface area (Å²) in [4.78, 5) is 11.7. The molecular weight excluding hydrogens is 180 g/mol. The first-order valence-electron chi connectivity index (χ1n) is 5.10. The summed E-state index contributed by atoms with van der Waals surface area (Å²) in [6.45, 7) is 0. The predicted molar refractivity (Wildman–Crippen MR) is 49.4 cm³/mol. The van der Waals surface area contributed by atoms with Crippen LogP contribution in [-0.2, 0) is 19.3 Å². The van der Waals surface area contributed by atoms with Crippen molar-refractivity contribution < 1.29 is 14.3 Å². The number of hydrogen-bond donors (Lipinski definition) is 1. The molecule has 0 amide bonds. The van der Waals surface area contributed by atoms with Crippen molar-refractivity contribution in [3.8, 4) is 0 Å². The van der Waals surface area contributed by atoms with Gasteiger partial charge in [-0.2, -0.15) is 0 Å². The molecule has 1 heterocycles. The van der Waals surface area contributed by atoms with E-state index in [-0.39, 0.29) is 12.2 Å². The molecule has 3 nitrogen and oxygen atoms in total. The van der Waals surface area contributed by atoms with E-state index in [1.54, 1.807) is 0 Å². The van der Waals surface area contributed by atoms with E-state index in [0.717, 1.165) is 41.9 Å². The summed E-state index contributed by atoms with van der Waals surface area (Å²) >= 11 is 0. The summed E-state index contributed by atoms with van der Waals surface area (Å²) < 4.78 is 5.61. The van der Waals surface area contributed by atoms with E-state index in [2.05, 4.69) is 0 Å². The van der Waals surface area contributed by atoms with Gasteiger partial charge >= 0.3 is 0 Å². The maximum atomic E-state index is 11.7. The van der Waals surface area contributed by atoms with Gasteiger partial charge in [-0.15, -0.1) is 0 Å². The standard InChI is InChI=1S/C11H12O3/c12-6-4-8(13)11-7-2-1-3-9(7)14-10(11)5-6/h6,12H,1-5H2. The van der Waals surface area contributed by atoms with Crippen LogP contribution in [0.5, 0.6) is 0 Å². The molecule has 0 radical (unpaired) electrons. The molecule has 1 aromatic rings. The van der Waals surface area contributed by atoms with Crippen LogP contribution in [0.15, 0.2) is 4.42 Å². The Bertz CT molecular complexity index is 403. The minimum atomic E-state index is -0.540. The highest BCUT2D eigenvalue weighted by Gasteiger charge is 2.33. The van der Waals surface area contributed by atoms with Gasteiger partial charge in [-0.25, -0.2) is 0 Å². The largest absolute Gasteiger partial charge is 0.465 e. The smallest absolute Gasteiger partial charge is 0.169 e. The van der Waals surface area contributed by atoms with E-state index in [9.17, 15) is 9.90 Å². The van der Waals surface area contributed by atoms with E-state index >= 15 is 0 Å². The molecular formula is C11H12O3. The van der Waals surface area contributed by atoms with Crippen LogP contribution in [0.2, 0.25) is 0 Å². The molecule has 14 heavy (non-hydrogen) atoms. The average molecular weight is 192 g/mol. The number of aliphatic hydroxyl groups is 1. The number of hydrogen-bond acceptors (Lipinski definition) is 3. The zero-order valence-electron chi connectivity index (χ0n) is 7.88. The van der Waals surface area contributed by atoms with Crippen LogP contribution in [0, 0.1) is 0 Å². The number of carbonyl (C=O) groups excluding carboxylic acids is 1. The Morgan fingerprint density at radius 1 is 1.21 bits per heavy atom. The van der Waals surface area contributed by atoms with Crippen molar-refractivity contribution in [1.29, 1.82) is 0 Å². The van der Waals surface area contributed by atoms with Crippen LogP contribution in [-0.4, -0.2) is 17.0 Å². The van der Waals surface area contributed by atoms with Crippen molar-refractivity contribution in [2.45, 2.75) is 38.2 Å². The molecule has 1 unspecified atom stereocenters.